The van der Waals surface area contributed by atoms with Gasteiger partial charge in [0.1, 0.15) is 29.0 Å². The molecule has 0 fully saturated rings. The Morgan fingerprint density at radius 1 is 1.30 bits per heavy atom. The number of hydrogen-bond acceptors (Lipinski definition) is 8. The minimum atomic E-state index is -1.51. The van der Waals surface area contributed by atoms with Crippen molar-refractivity contribution in [1.82, 2.24) is 19.9 Å². The smallest absolute Gasteiger partial charge is 0.413 e. The van der Waals surface area contributed by atoms with Crippen molar-refractivity contribution in [3.63, 3.8) is 0 Å². The van der Waals surface area contributed by atoms with Gasteiger partial charge in [0.25, 0.3) is 5.56 Å². The molecular formula is C21H23FN6O4S. The number of carbonyl (C=O) groups excluding carboxylic acids is 2. The van der Waals surface area contributed by atoms with E-state index in [1.165, 1.54) is 11.3 Å². The lowest BCUT2D eigenvalue weighted by molar-refractivity contribution is -0.124. The first kappa shape index (κ1) is 22.6. The van der Waals surface area contributed by atoms with E-state index < -0.39 is 35.4 Å². The average Bonchev–Trinajstić information content (AvgIpc) is 3.28. The van der Waals surface area contributed by atoms with Gasteiger partial charge in [-0.05, 0) is 32.9 Å². The highest BCUT2D eigenvalue weighted by Crippen LogP contribution is 2.34. The molecule has 4 N–H and O–H groups in total. The molecule has 1 aliphatic heterocycles. The van der Waals surface area contributed by atoms with E-state index in [4.69, 9.17) is 10.5 Å². The molecule has 33 heavy (non-hydrogen) atoms. The zero-order valence-electron chi connectivity index (χ0n) is 18.2. The molecule has 0 radical (unpaired) electrons. The van der Waals surface area contributed by atoms with Gasteiger partial charge in [-0.3, -0.25) is 19.5 Å². The zero-order valence-corrected chi connectivity index (χ0v) is 19.0. The van der Waals surface area contributed by atoms with Crippen LogP contribution in [-0.4, -0.2) is 32.1 Å². The van der Waals surface area contributed by atoms with Crippen molar-refractivity contribution in [3.8, 4) is 0 Å². The average molecular weight is 475 g/mol. The fraction of sp³-hybridized carbons (Fsp3) is 0.381. The van der Waals surface area contributed by atoms with Gasteiger partial charge in [-0.2, -0.15) is 0 Å². The highest BCUT2D eigenvalue weighted by molar-refractivity contribution is 7.19. The Bertz CT molecular complexity index is 1300. The van der Waals surface area contributed by atoms with Crippen LogP contribution >= 0.6 is 11.3 Å². The predicted octanol–water partition coefficient (Wildman–Crippen LogP) is 3.05. The Morgan fingerprint density at radius 3 is 2.79 bits per heavy atom. The second-order valence-corrected chi connectivity index (χ2v) is 9.80. The van der Waals surface area contributed by atoms with Gasteiger partial charge in [0, 0.05) is 27.6 Å². The summed E-state index contributed by atoms with van der Waals surface area (Å²) in [5, 5.41) is 6.18. The number of anilines is 2. The van der Waals surface area contributed by atoms with E-state index in [9.17, 15) is 18.8 Å². The molecule has 0 saturated carbocycles. The van der Waals surface area contributed by atoms with Gasteiger partial charge >= 0.3 is 6.09 Å². The fourth-order valence-electron chi connectivity index (χ4n) is 3.50. The maximum Gasteiger partial charge on any atom is 0.413 e. The maximum absolute atomic E-state index is 14.3. The predicted molar refractivity (Wildman–Crippen MR) is 122 cm³/mol. The van der Waals surface area contributed by atoms with E-state index in [-0.39, 0.29) is 24.5 Å². The third-order valence-corrected chi connectivity index (χ3v) is 5.99. The normalized spacial score (nSPS) is 17.6. The number of aromatic nitrogens is 3. The summed E-state index contributed by atoms with van der Waals surface area (Å²) >= 11 is 1.41. The number of halogens is 1. The number of nitrogens with zero attached hydrogens (tertiary/aromatic N) is 3. The number of alkyl halides is 1. The molecule has 0 aromatic carbocycles. The van der Waals surface area contributed by atoms with E-state index in [0.717, 1.165) is 25.7 Å². The van der Waals surface area contributed by atoms with Crippen molar-refractivity contribution in [2.45, 2.75) is 51.6 Å². The largest absolute Gasteiger partial charge is 0.444 e. The van der Waals surface area contributed by atoms with E-state index in [0.29, 0.717) is 5.82 Å². The Labute approximate surface area is 192 Å². The summed E-state index contributed by atoms with van der Waals surface area (Å²) in [6, 6.07) is 2.56. The molecule has 12 heteroatoms. The van der Waals surface area contributed by atoms with Crippen LogP contribution in [-0.2, 0) is 16.1 Å². The summed E-state index contributed by atoms with van der Waals surface area (Å²) < 4.78 is 21.4. The molecule has 0 bridgehead atoms. The summed E-state index contributed by atoms with van der Waals surface area (Å²) in [6.45, 7) is 5.48. The van der Waals surface area contributed by atoms with Crippen LogP contribution in [0.3, 0.4) is 0 Å². The number of hydrogen-bond donors (Lipinski definition) is 3. The number of nitrogens with one attached hydrogen (secondary N) is 2. The minimum Gasteiger partial charge on any atom is -0.444 e. The summed E-state index contributed by atoms with van der Waals surface area (Å²) in [6.07, 6.45) is 0.428. The number of rotatable bonds is 4. The van der Waals surface area contributed by atoms with Gasteiger partial charge in [-0.25, -0.2) is 19.2 Å². The van der Waals surface area contributed by atoms with Crippen LogP contribution in [0.15, 0.2) is 29.3 Å². The number of ether oxygens (including phenoxy) is 1. The Hall–Kier alpha value is -3.54. The van der Waals surface area contributed by atoms with Gasteiger partial charge in [0.2, 0.25) is 5.91 Å². The number of amides is 2. The van der Waals surface area contributed by atoms with E-state index in [1.54, 1.807) is 33.0 Å². The number of fused-ring (bicyclic) bond motifs is 2. The second-order valence-electron chi connectivity index (χ2n) is 8.63. The molecule has 0 spiro atoms. The standard InChI is InChI=1S/C21H23FN6O4S/c1-21(2,3)32-20(31)27-16-6-15-10(7-24-16)4-11(33-15)8-26-18(29)14-5-12(22)17-25-9-13(23)19(30)28(14)17/h4,6-7,9,12,14H,5,8,23H2,1-3H3,(H,26,29)(H,24,27,31)/t12-,14+/m1/s1. The third kappa shape index (κ3) is 4.80. The second kappa shape index (κ2) is 8.43. The summed E-state index contributed by atoms with van der Waals surface area (Å²) in [4.78, 5) is 45.9. The first-order valence-electron chi connectivity index (χ1n) is 10.2. The van der Waals surface area contributed by atoms with Crippen LogP contribution < -0.4 is 21.9 Å². The van der Waals surface area contributed by atoms with Gasteiger partial charge in [0.15, 0.2) is 6.17 Å². The SMILES string of the molecule is CC(C)(C)OC(=O)Nc1cc2sc(CNC(=O)[C@@H]3C[C@@H](F)c4ncc(N)c(=O)n43)cc2cn1. The minimum absolute atomic E-state index is 0.0905. The van der Waals surface area contributed by atoms with Crippen LogP contribution in [0.1, 0.15) is 50.1 Å². The van der Waals surface area contributed by atoms with E-state index in [2.05, 4.69) is 20.6 Å². The molecule has 2 atom stereocenters. The highest BCUT2D eigenvalue weighted by atomic mass is 32.1. The number of carbonyl (C=O) groups is 2. The third-order valence-electron chi connectivity index (χ3n) is 4.89. The lowest BCUT2D eigenvalue weighted by Crippen LogP contribution is -2.36. The van der Waals surface area contributed by atoms with Crippen LogP contribution in [0.2, 0.25) is 0 Å². The maximum atomic E-state index is 14.3. The summed E-state index contributed by atoms with van der Waals surface area (Å²) in [5.41, 5.74) is 4.20. The van der Waals surface area contributed by atoms with Crippen molar-refractivity contribution in [1.29, 1.82) is 0 Å². The van der Waals surface area contributed by atoms with Crippen LogP contribution in [0.25, 0.3) is 10.1 Å². The molecule has 2 amide bonds. The number of nitrogen functional groups attached to an aromatic ring is 1. The van der Waals surface area contributed by atoms with E-state index in [1.807, 2.05) is 6.07 Å². The number of nitrogens with two attached hydrogens (primary N) is 1. The molecule has 1 aliphatic rings. The monoisotopic (exact) mass is 474 g/mol. The fourth-order valence-corrected chi connectivity index (χ4v) is 4.52. The van der Waals surface area contributed by atoms with Crippen LogP contribution in [0.4, 0.5) is 20.7 Å². The summed E-state index contributed by atoms with van der Waals surface area (Å²) in [7, 11) is 0. The molecule has 174 valence electrons. The van der Waals surface area contributed by atoms with Crippen molar-refractivity contribution in [3.05, 3.63) is 45.6 Å². The molecule has 0 saturated heterocycles. The molecule has 3 aromatic heterocycles. The molecule has 3 aromatic rings. The molecular weight excluding hydrogens is 451 g/mol. The lowest BCUT2D eigenvalue weighted by Gasteiger charge is -2.19. The zero-order chi connectivity index (χ0) is 23.9. The topological polar surface area (TPSA) is 141 Å². The number of thiophene rings is 1. The van der Waals surface area contributed by atoms with Crippen LogP contribution in [0.5, 0.6) is 0 Å². The Morgan fingerprint density at radius 2 is 2.06 bits per heavy atom. The number of pyridine rings is 1. The van der Waals surface area contributed by atoms with Gasteiger partial charge in [-0.1, -0.05) is 0 Å². The Kier molecular flexibility index (Phi) is 5.78. The first-order chi connectivity index (χ1) is 15.5. The van der Waals surface area contributed by atoms with Gasteiger partial charge in [0.05, 0.1) is 12.7 Å². The van der Waals surface area contributed by atoms with Gasteiger partial charge < -0.3 is 15.8 Å². The van der Waals surface area contributed by atoms with Gasteiger partial charge in [-0.15, -0.1) is 11.3 Å². The molecule has 0 unspecified atom stereocenters. The molecule has 10 nitrogen and oxygen atoms in total. The molecule has 4 heterocycles. The quantitative estimate of drug-likeness (QED) is 0.528. The highest BCUT2D eigenvalue weighted by Gasteiger charge is 2.37. The van der Waals surface area contributed by atoms with Crippen molar-refractivity contribution in [2.24, 2.45) is 0 Å². The Balaban J connectivity index is 1.44. The van der Waals surface area contributed by atoms with Crippen molar-refractivity contribution >= 4 is 44.9 Å². The van der Waals surface area contributed by atoms with E-state index >= 15 is 0 Å². The molecule has 4 rings (SSSR count). The summed E-state index contributed by atoms with van der Waals surface area (Å²) in [5.74, 6) is -0.240. The van der Waals surface area contributed by atoms with Crippen molar-refractivity contribution in [2.75, 3.05) is 11.1 Å². The first-order valence-corrected chi connectivity index (χ1v) is 11.0. The van der Waals surface area contributed by atoms with Crippen molar-refractivity contribution < 1.29 is 18.7 Å². The van der Waals surface area contributed by atoms with Crippen LogP contribution in [0, 0.1) is 0 Å². The molecule has 0 aliphatic carbocycles. The lowest BCUT2D eigenvalue weighted by atomic mass is 10.2.